The van der Waals surface area contributed by atoms with Crippen molar-refractivity contribution in [1.82, 2.24) is 0 Å². The number of ketones is 1. The number of benzene rings is 1. The highest BCUT2D eigenvalue weighted by atomic mass is 16.5. The Labute approximate surface area is 160 Å². The Balaban J connectivity index is 2.00. The standard InChI is InChI=1S/C22H28O5/c1-13(2)22(26)10-9-21(4)18(24)12-14(3)11-17(19(21)22)27-20(25)15-5-7-16(23)8-6-15/h5-8,11,13,17,19,23,26H,9-10,12H2,1-4H3/t17-,19+,21+,22+/m0/s1. The summed E-state index contributed by atoms with van der Waals surface area (Å²) in [7, 11) is 0. The summed E-state index contributed by atoms with van der Waals surface area (Å²) in [5.74, 6) is -0.922. The number of rotatable bonds is 3. The number of esters is 1. The van der Waals surface area contributed by atoms with Crippen LogP contribution in [0.25, 0.3) is 0 Å². The number of allylic oxidation sites excluding steroid dienone is 1. The highest BCUT2D eigenvalue weighted by Crippen LogP contribution is 2.56. The molecule has 0 radical (unpaired) electrons. The third kappa shape index (κ3) is 3.29. The first-order chi connectivity index (χ1) is 12.6. The van der Waals surface area contributed by atoms with E-state index < -0.39 is 29.0 Å². The lowest BCUT2D eigenvalue weighted by atomic mass is 9.67. The molecule has 0 saturated heterocycles. The van der Waals surface area contributed by atoms with Gasteiger partial charge in [-0.1, -0.05) is 26.3 Å². The summed E-state index contributed by atoms with van der Waals surface area (Å²) in [5.41, 5.74) is -0.633. The second-order valence-corrected chi connectivity index (χ2v) is 8.57. The van der Waals surface area contributed by atoms with Gasteiger partial charge in [0.05, 0.1) is 11.2 Å². The summed E-state index contributed by atoms with van der Waals surface area (Å²) in [6, 6.07) is 5.86. The second-order valence-electron chi connectivity index (χ2n) is 8.57. The average Bonchev–Trinajstić information content (AvgIpc) is 2.83. The van der Waals surface area contributed by atoms with Gasteiger partial charge in [-0.25, -0.2) is 4.79 Å². The summed E-state index contributed by atoms with van der Waals surface area (Å²) in [4.78, 5) is 25.7. The summed E-state index contributed by atoms with van der Waals surface area (Å²) < 4.78 is 5.83. The quantitative estimate of drug-likeness (QED) is 0.625. The molecule has 5 nitrogen and oxygen atoms in total. The fourth-order valence-corrected chi connectivity index (χ4v) is 4.71. The molecule has 27 heavy (non-hydrogen) atoms. The number of carbonyl (C=O) groups is 2. The monoisotopic (exact) mass is 372 g/mol. The predicted octanol–water partition coefficient (Wildman–Crippen LogP) is 3.64. The van der Waals surface area contributed by atoms with E-state index in [1.807, 2.05) is 33.8 Å². The van der Waals surface area contributed by atoms with Gasteiger partial charge in [-0.2, -0.15) is 0 Å². The first-order valence-electron chi connectivity index (χ1n) is 9.51. The van der Waals surface area contributed by atoms with Crippen LogP contribution in [-0.4, -0.2) is 33.7 Å². The van der Waals surface area contributed by atoms with Crippen LogP contribution >= 0.6 is 0 Å². The van der Waals surface area contributed by atoms with Gasteiger partial charge in [0, 0.05) is 17.8 Å². The molecule has 4 atom stereocenters. The van der Waals surface area contributed by atoms with E-state index in [1.165, 1.54) is 24.3 Å². The van der Waals surface area contributed by atoms with Gasteiger partial charge in [0.25, 0.3) is 0 Å². The Morgan fingerprint density at radius 3 is 2.44 bits per heavy atom. The molecule has 1 aromatic rings. The van der Waals surface area contributed by atoms with E-state index in [9.17, 15) is 19.8 Å². The summed E-state index contributed by atoms with van der Waals surface area (Å²) in [5, 5.41) is 20.9. The first-order valence-corrected chi connectivity index (χ1v) is 9.51. The Bertz CT molecular complexity index is 778. The number of ether oxygens (including phenoxy) is 1. The molecular weight excluding hydrogens is 344 g/mol. The summed E-state index contributed by atoms with van der Waals surface area (Å²) >= 11 is 0. The van der Waals surface area contributed by atoms with Gasteiger partial charge in [-0.05, 0) is 56.0 Å². The van der Waals surface area contributed by atoms with Gasteiger partial charge in [-0.15, -0.1) is 0 Å². The first kappa shape index (κ1) is 19.6. The number of aromatic hydroxyl groups is 1. The van der Waals surface area contributed by atoms with Crippen LogP contribution < -0.4 is 0 Å². The highest BCUT2D eigenvalue weighted by molar-refractivity contribution is 5.90. The molecule has 0 heterocycles. The maximum Gasteiger partial charge on any atom is 0.338 e. The van der Waals surface area contributed by atoms with Crippen molar-refractivity contribution in [3.05, 3.63) is 41.5 Å². The smallest absolute Gasteiger partial charge is 0.338 e. The minimum atomic E-state index is -1.08. The van der Waals surface area contributed by atoms with Crippen LogP contribution in [0.1, 0.15) is 57.3 Å². The van der Waals surface area contributed by atoms with Gasteiger partial charge in [0.2, 0.25) is 0 Å². The molecule has 0 amide bonds. The molecule has 0 aromatic heterocycles. The van der Waals surface area contributed by atoms with Crippen LogP contribution in [0.4, 0.5) is 0 Å². The fourth-order valence-electron chi connectivity index (χ4n) is 4.71. The van der Waals surface area contributed by atoms with Gasteiger partial charge in [0.1, 0.15) is 17.6 Å². The summed E-state index contributed by atoms with van der Waals surface area (Å²) in [6.45, 7) is 7.64. The van der Waals surface area contributed by atoms with E-state index in [4.69, 9.17) is 4.74 Å². The molecule has 3 rings (SSSR count). The van der Waals surface area contributed by atoms with Crippen molar-refractivity contribution in [2.75, 3.05) is 0 Å². The third-order valence-corrected chi connectivity index (χ3v) is 6.47. The van der Waals surface area contributed by atoms with Gasteiger partial charge in [-0.3, -0.25) is 4.79 Å². The van der Waals surface area contributed by atoms with E-state index in [-0.39, 0.29) is 17.5 Å². The van der Waals surface area contributed by atoms with Crippen molar-refractivity contribution < 1.29 is 24.5 Å². The number of phenols is 1. The van der Waals surface area contributed by atoms with E-state index >= 15 is 0 Å². The molecule has 5 heteroatoms. The van der Waals surface area contributed by atoms with Crippen molar-refractivity contribution in [3.63, 3.8) is 0 Å². The normalized spacial score (nSPS) is 33.4. The SMILES string of the molecule is CC1=C[C@H](OC(=O)c2ccc(O)cc2)[C@H]2[C@](O)(C(C)C)CC[C@]2(C)C(=O)C1. The number of aliphatic hydroxyl groups is 1. The number of fused-ring (bicyclic) bond motifs is 1. The van der Waals surface area contributed by atoms with Crippen molar-refractivity contribution in [1.29, 1.82) is 0 Å². The minimum absolute atomic E-state index is 0.0694. The van der Waals surface area contributed by atoms with Crippen LogP contribution in [0.2, 0.25) is 0 Å². The number of Topliss-reactive ketones (excluding diaryl/α,β-unsaturated/α-hetero) is 1. The molecule has 0 unspecified atom stereocenters. The van der Waals surface area contributed by atoms with Gasteiger partial charge in [0.15, 0.2) is 0 Å². The van der Waals surface area contributed by atoms with Gasteiger partial charge >= 0.3 is 5.97 Å². The van der Waals surface area contributed by atoms with E-state index in [2.05, 4.69) is 0 Å². The largest absolute Gasteiger partial charge is 0.508 e. The number of hydrogen-bond acceptors (Lipinski definition) is 5. The Morgan fingerprint density at radius 1 is 1.22 bits per heavy atom. The zero-order chi connectivity index (χ0) is 20.0. The topological polar surface area (TPSA) is 83.8 Å². The minimum Gasteiger partial charge on any atom is -0.508 e. The van der Waals surface area contributed by atoms with Crippen molar-refractivity contribution >= 4 is 11.8 Å². The maximum absolute atomic E-state index is 13.0. The van der Waals surface area contributed by atoms with Crippen molar-refractivity contribution in [3.8, 4) is 5.75 Å². The predicted molar refractivity (Wildman–Crippen MR) is 101 cm³/mol. The molecule has 1 aromatic carbocycles. The van der Waals surface area contributed by atoms with Crippen LogP contribution in [0.5, 0.6) is 5.75 Å². The Kier molecular flexibility index (Phi) is 4.93. The molecule has 1 saturated carbocycles. The van der Waals surface area contributed by atoms with E-state index in [0.29, 0.717) is 24.8 Å². The highest BCUT2D eigenvalue weighted by Gasteiger charge is 2.62. The van der Waals surface area contributed by atoms with Crippen LogP contribution in [-0.2, 0) is 9.53 Å². The lowest BCUT2D eigenvalue weighted by molar-refractivity contribution is -0.140. The molecule has 0 spiro atoms. The van der Waals surface area contributed by atoms with Crippen molar-refractivity contribution in [2.45, 2.75) is 58.7 Å². The molecule has 2 N–H and O–H groups in total. The lowest BCUT2D eigenvalue weighted by Crippen LogP contribution is -2.51. The fraction of sp³-hybridized carbons (Fsp3) is 0.545. The maximum atomic E-state index is 13.0. The van der Waals surface area contributed by atoms with E-state index in [1.54, 1.807) is 0 Å². The van der Waals surface area contributed by atoms with Crippen LogP contribution in [0.3, 0.4) is 0 Å². The molecule has 146 valence electrons. The number of carbonyl (C=O) groups excluding carboxylic acids is 2. The number of phenolic OH excluding ortho intramolecular Hbond substituents is 1. The van der Waals surface area contributed by atoms with Crippen LogP contribution in [0.15, 0.2) is 35.9 Å². The Morgan fingerprint density at radius 2 is 1.85 bits per heavy atom. The van der Waals surface area contributed by atoms with E-state index in [0.717, 1.165) is 5.57 Å². The van der Waals surface area contributed by atoms with Crippen molar-refractivity contribution in [2.24, 2.45) is 17.3 Å². The Hall–Kier alpha value is -2.14. The van der Waals surface area contributed by atoms with Crippen LogP contribution in [0, 0.1) is 17.3 Å². The lowest BCUT2D eigenvalue weighted by Gasteiger charge is -2.42. The molecule has 2 aliphatic rings. The molecule has 0 bridgehead atoms. The zero-order valence-corrected chi connectivity index (χ0v) is 16.4. The zero-order valence-electron chi connectivity index (χ0n) is 16.4. The average molecular weight is 372 g/mol. The molecule has 2 aliphatic carbocycles. The molecule has 1 fully saturated rings. The molecule has 0 aliphatic heterocycles. The van der Waals surface area contributed by atoms with Gasteiger partial charge < -0.3 is 14.9 Å². The summed E-state index contributed by atoms with van der Waals surface area (Å²) in [6.07, 6.45) is 2.55. The molecular formula is C22H28O5. The second kappa shape index (κ2) is 6.79. The number of hydrogen-bond donors (Lipinski definition) is 2. The third-order valence-electron chi connectivity index (χ3n) is 6.47.